The number of hydrogen-bond donors (Lipinski definition) is 5. The Bertz CT molecular complexity index is 977. The molecule has 2 atom stereocenters. The normalized spacial score (nSPS) is 12.4. The SMILES string of the molecule is C[C@H](CC(=O)O)NC(=O)NCCCC(=O)CC[C@H](NC(=O)c1c(F)c(F)c([18F])c(F)c1F)C(=O)O. The molecule has 0 saturated heterocycles. The number of benzene rings is 1. The number of hydrogen-bond acceptors (Lipinski definition) is 5. The van der Waals surface area contributed by atoms with Crippen LogP contribution in [-0.2, 0) is 14.4 Å². The van der Waals surface area contributed by atoms with Gasteiger partial charge in [-0.15, -0.1) is 0 Å². The summed E-state index contributed by atoms with van der Waals surface area (Å²) in [6.45, 7) is 1.50. The highest BCUT2D eigenvalue weighted by atomic mass is 19.2. The molecular weight excluding hydrogens is 488 g/mol. The van der Waals surface area contributed by atoms with E-state index in [4.69, 9.17) is 10.2 Å². The number of carboxylic acids is 2. The summed E-state index contributed by atoms with van der Waals surface area (Å²) in [4.78, 5) is 57.4. The van der Waals surface area contributed by atoms with Gasteiger partial charge in [0.25, 0.3) is 5.91 Å². The molecule has 0 spiro atoms. The number of halogens is 5. The lowest BCUT2D eigenvalue weighted by molar-refractivity contribution is -0.140. The van der Waals surface area contributed by atoms with Crippen molar-refractivity contribution in [2.45, 2.75) is 51.1 Å². The molecule has 0 fully saturated rings. The second kappa shape index (κ2) is 13.2. The van der Waals surface area contributed by atoms with Gasteiger partial charge in [0.1, 0.15) is 17.4 Å². The molecule has 1 aromatic rings. The van der Waals surface area contributed by atoms with Crippen LogP contribution in [-0.4, -0.2) is 58.5 Å². The van der Waals surface area contributed by atoms with E-state index in [2.05, 4.69) is 10.6 Å². The van der Waals surface area contributed by atoms with Crippen LogP contribution in [0.25, 0.3) is 0 Å². The van der Waals surface area contributed by atoms with Crippen LogP contribution in [0, 0.1) is 29.1 Å². The lowest BCUT2D eigenvalue weighted by atomic mass is 10.0. The number of urea groups is 1. The van der Waals surface area contributed by atoms with Gasteiger partial charge in [-0.05, 0) is 19.8 Å². The van der Waals surface area contributed by atoms with E-state index in [0.717, 1.165) is 0 Å². The molecule has 35 heavy (non-hydrogen) atoms. The first-order valence-corrected chi connectivity index (χ1v) is 10.1. The summed E-state index contributed by atoms with van der Waals surface area (Å²) in [5.41, 5.74) is -1.86. The zero-order chi connectivity index (χ0) is 26.9. The van der Waals surface area contributed by atoms with Gasteiger partial charge in [-0.1, -0.05) is 0 Å². The zero-order valence-electron chi connectivity index (χ0n) is 18.2. The molecule has 0 aliphatic carbocycles. The molecule has 0 heterocycles. The number of Topliss-reactive ketones (excluding diaryl/α,β-unsaturated/α-hetero) is 1. The highest BCUT2D eigenvalue weighted by molar-refractivity contribution is 5.97. The van der Waals surface area contributed by atoms with Gasteiger partial charge in [0, 0.05) is 25.4 Å². The highest BCUT2D eigenvalue weighted by Crippen LogP contribution is 2.23. The maximum atomic E-state index is 13.7. The van der Waals surface area contributed by atoms with Crippen LogP contribution >= 0.6 is 0 Å². The Morgan fingerprint density at radius 3 is 1.89 bits per heavy atom. The van der Waals surface area contributed by atoms with Gasteiger partial charge in [0.05, 0.1) is 6.42 Å². The topological polar surface area (TPSA) is 162 Å². The third-order valence-corrected chi connectivity index (χ3v) is 4.53. The molecule has 10 nitrogen and oxygen atoms in total. The van der Waals surface area contributed by atoms with Gasteiger partial charge in [-0.3, -0.25) is 14.4 Å². The fourth-order valence-corrected chi connectivity index (χ4v) is 2.80. The van der Waals surface area contributed by atoms with E-state index in [1.54, 1.807) is 5.32 Å². The summed E-state index contributed by atoms with van der Waals surface area (Å²) in [6.07, 6.45) is -1.25. The quantitative estimate of drug-likeness (QED) is 0.117. The van der Waals surface area contributed by atoms with Gasteiger partial charge in [0.2, 0.25) is 5.82 Å². The van der Waals surface area contributed by atoms with Crippen LogP contribution in [0.1, 0.15) is 49.4 Å². The van der Waals surface area contributed by atoms with Gasteiger partial charge in [-0.2, -0.15) is 0 Å². The van der Waals surface area contributed by atoms with Crippen molar-refractivity contribution in [3.63, 3.8) is 0 Å². The van der Waals surface area contributed by atoms with E-state index in [-0.39, 0.29) is 25.8 Å². The molecule has 5 N–H and O–H groups in total. The number of carbonyl (C=O) groups excluding carboxylic acids is 3. The number of ketones is 1. The Morgan fingerprint density at radius 1 is 0.829 bits per heavy atom. The Hall–Kier alpha value is -3.78. The molecule has 3 amide bonds. The van der Waals surface area contributed by atoms with E-state index in [0.29, 0.717) is 0 Å². The summed E-state index contributed by atoms with van der Waals surface area (Å²) >= 11 is 0. The summed E-state index contributed by atoms with van der Waals surface area (Å²) in [7, 11) is 0. The molecule has 1 rings (SSSR count). The number of carboxylic acid groups (broad SMARTS) is 2. The van der Waals surface area contributed by atoms with Gasteiger partial charge >= 0.3 is 18.0 Å². The second-order valence-electron chi connectivity index (χ2n) is 7.39. The lowest BCUT2D eigenvalue weighted by Crippen LogP contribution is -2.42. The van der Waals surface area contributed by atoms with E-state index >= 15 is 0 Å². The maximum Gasteiger partial charge on any atom is 0.326 e. The Balaban J connectivity index is 2.57. The summed E-state index contributed by atoms with van der Waals surface area (Å²) in [6, 6.07) is -3.17. The minimum atomic E-state index is -2.49. The predicted molar refractivity (Wildman–Crippen MR) is 107 cm³/mol. The van der Waals surface area contributed by atoms with Crippen LogP contribution in [0.2, 0.25) is 0 Å². The third kappa shape index (κ3) is 8.83. The van der Waals surface area contributed by atoms with Crippen LogP contribution in [0.5, 0.6) is 0 Å². The Kier molecular flexibility index (Phi) is 11.0. The van der Waals surface area contributed by atoms with Gasteiger partial charge in [0.15, 0.2) is 23.3 Å². The van der Waals surface area contributed by atoms with E-state index in [9.17, 15) is 45.9 Å². The van der Waals surface area contributed by atoms with Crippen molar-refractivity contribution in [2.24, 2.45) is 0 Å². The van der Waals surface area contributed by atoms with Crippen molar-refractivity contribution in [3.8, 4) is 0 Å². The largest absolute Gasteiger partial charge is 0.481 e. The first-order valence-electron chi connectivity index (χ1n) is 10.1. The molecule has 194 valence electrons. The molecule has 0 radical (unpaired) electrons. The molecule has 0 unspecified atom stereocenters. The molecular formula is C20H22F5N3O7. The number of aliphatic carboxylic acids is 2. The third-order valence-electron chi connectivity index (χ3n) is 4.53. The lowest BCUT2D eigenvalue weighted by Gasteiger charge is -2.15. The van der Waals surface area contributed by atoms with Crippen molar-refractivity contribution in [2.75, 3.05) is 6.54 Å². The standard InChI is InChI=1S/C20H22F5N3O7/c1-8(7-11(30)31)27-20(35)26-6-2-3-9(29)4-5-10(19(33)34)28-18(32)12-13(21)15(23)17(25)16(24)14(12)22/h8,10H,2-7H2,1H3,(H,28,32)(H,30,31)(H,33,34)(H2,26,27,35)/t8-,10+/m1/s1/i25-1. The highest BCUT2D eigenvalue weighted by Gasteiger charge is 2.32. The fraction of sp³-hybridized carbons (Fsp3) is 0.450. The summed E-state index contributed by atoms with van der Waals surface area (Å²) < 4.78 is 67.1. The van der Waals surface area contributed by atoms with Crippen LogP contribution in [0.3, 0.4) is 0 Å². The Morgan fingerprint density at radius 2 is 1.37 bits per heavy atom. The van der Waals surface area contributed by atoms with Crippen molar-refractivity contribution in [1.29, 1.82) is 0 Å². The van der Waals surface area contributed by atoms with Crippen molar-refractivity contribution < 1.29 is 56.1 Å². The predicted octanol–water partition coefficient (Wildman–Crippen LogP) is 1.86. The first-order chi connectivity index (χ1) is 16.3. The Labute approximate surface area is 194 Å². The average Bonchev–Trinajstić information content (AvgIpc) is 2.76. The monoisotopic (exact) mass is 510 g/mol. The number of amides is 3. The van der Waals surface area contributed by atoms with Crippen LogP contribution in [0.4, 0.5) is 26.7 Å². The number of carbonyl (C=O) groups is 5. The van der Waals surface area contributed by atoms with Crippen molar-refractivity contribution in [1.82, 2.24) is 16.0 Å². The fourth-order valence-electron chi connectivity index (χ4n) is 2.80. The molecule has 15 heteroatoms. The average molecular weight is 510 g/mol. The maximum absolute atomic E-state index is 13.7. The molecule has 1 aromatic carbocycles. The van der Waals surface area contributed by atoms with Crippen LogP contribution in [0.15, 0.2) is 0 Å². The number of nitrogens with one attached hydrogen (secondary N) is 3. The first kappa shape index (κ1) is 29.3. The zero-order valence-corrected chi connectivity index (χ0v) is 18.2. The second-order valence-corrected chi connectivity index (χ2v) is 7.39. The molecule has 0 aliphatic heterocycles. The smallest absolute Gasteiger partial charge is 0.326 e. The van der Waals surface area contributed by atoms with Crippen molar-refractivity contribution in [3.05, 3.63) is 34.6 Å². The molecule has 0 saturated carbocycles. The summed E-state index contributed by atoms with van der Waals surface area (Å²) in [5.74, 6) is -17.3. The minimum Gasteiger partial charge on any atom is -0.481 e. The van der Waals surface area contributed by atoms with Gasteiger partial charge in [-0.25, -0.2) is 31.5 Å². The van der Waals surface area contributed by atoms with E-state index in [1.807, 2.05) is 0 Å². The van der Waals surface area contributed by atoms with Crippen LogP contribution < -0.4 is 16.0 Å². The molecule has 0 aromatic heterocycles. The minimum absolute atomic E-state index is 0.0245. The van der Waals surface area contributed by atoms with E-state index < -0.39 is 89.2 Å². The van der Waals surface area contributed by atoms with E-state index in [1.165, 1.54) is 6.92 Å². The van der Waals surface area contributed by atoms with Crippen molar-refractivity contribution >= 4 is 29.7 Å². The van der Waals surface area contributed by atoms with Gasteiger partial charge < -0.3 is 26.2 Å². The summed E-state index contributed by atoms with van der Waals surface area (Å²) in [5, 5.41) is 24.1. The molecule has 0 bridgehead atoms. The number of rotatable bonds is 13. The molecule has 0 aliphatic rings.